The van der Waals surface area contributed by atoms with E-state index in [1.165, 1.54) is 16.7 Å². The zero-order chi connectivity index (χ0) is 20.2. The lowest BCUT2D eigenvalue weighted by molar-refractivity contribution is -0.136. The third-order valence-electron chi connectivity index (χ3n) is 5.02. The van der Waals surface area contributed by atoms with Gasteiger partial charge in [0, 0.05) is 17.1 Å². The lowest BCUT2D eigenvalue weighted by atomic mass is 9.98. The predicted octanol–water partition coefficient (Wildman–Crippen LogP) is 4.51. The Hall–Kier alpha value is -3.06. The molecule has 3 aromatic rings. The Balaban J connectivity index is 1.33. The summed E-state index contributed by atoms with van der Waals surface area (Å²) < 4.78 is 10.8. The van der Waals surface area contributed by atoms with Gasteiger partial charge in [-0.25, -0.2) is 0 Å². The molecule has 150 valence electrons. The molecule has 0 aliphatic carbocycles. The fraction of sp³-hybridized carbons (Fsp3) is 0.273. The van der Waals surface area contributed by atoms with Crippen molar-refractivity contribution in [2.75, 3.05) is 18.5 Å². The Morgan fingerprint density at radius 2 is 2.07 bits per heavy atom. The molecule has 0 radical (unpaired) electrons. The molecule has 2 aromatic heterocycles. The molecule has 4 rings (SSSR count). The highest BCUT2D eigenvalue weighted by Crippen LogP contribution is 2.35. The molecule has 2 amide bonds. The molecule has 0 fully saturated rings. The van der Waals surface area contributed by atoms with Crippen molar-refractivity contribution in [3.05, 3.63) is 70.3 Å². The number of amides is 2. The molecule has 7 heteroatoms. The summed E-state index contributed by atoms with van der Waals surface area (Å²) in [4.78, 5) is 28.1. The molecule has 0 bridgehead atoms. The molecule has 6 nitrogen and oxygen atoms in total. The van der Waals surface area contributed by atoms with Crippen molar-refractivity contribution in [1.82, 2.24) is 4.90 Å². The van der Waals surface area contributed by atoms with Crippen molar-refractivity contribution in [2.24, 2.45) is 0 Å². The zero-order valence-electron chi connectivity index (χ0n) is 16.1. The van der Waals surface area contributed by atoms with Crippen LogP contribution in [-0.4, -0.2) is 29.9 Å². The molecule has 1 unspecified atom stereocenters. The van der Waals surface area contributed by atoms with Crippen molar-refractivity contribution < 1.29 is 18.7 Å². The lowest BCUT2D eigenvalue weighted by Crippen LogP contribution is -2.41. The average Bonchev–Trinajstić information content (AvgIpc) is 3.44. The normalized spacial score (nSPS) is 15.6. The van der Waals surface area contributed by atoms with Gasteiger partial charge in [0.15, 0.2) is 12.4 Å². The zero-order valence-corrected chi connectivity index (χ0v) is 16.9. The van der Waals surface area contributed by atoms with Crippen LogP contribution in [0.4, 0.5) is 5.69 Å². The van der Waals surface area contributed by atoms with E-state index in [0.29, 0.717) is 11.4 Å². The maximum Gasteiger partial charge on any atom is 0.291 e. The first-order chi connectivity index (χ1) is 14.2. The highest BCUT2D eigenvalue weighted by atomic mass is 32.1. The molecule has 1 aromatic carbocycles. The highest BCUT2D eigenvalue weighted by Gasteiger charge is 2.30. The number of nitrogens with zero attached hydrogens (tertiary/aromatic N) is 1. The number of rotatable bonds is 6. The predicted molar refractivity (Wildman–Crippen MR) is 111 cm³/mol. The summed E-state index contributed by atoms with van der Waals surface area (Å²) >= 11 is 1.77. The minimum atomic E-state index is -0.317. The van der Waals surface area contributed by atoms with Gasteiger partial charge in [0.05, 0.1) is 12.3 Å². The topological polar surface area (TPSA) is 71.8 Å². The molecule has 0 saturated heterocycles. The average molecular weight is 410 g/mol. The van der Waals surface area contributed by atoms with E-state index >= 15 is 0 Å². The van der Waals surface area contributed by atoms with Gasteiger partial charge < -0.3 is 19.4 Å². The minimum absolute atomic E-state index is 0.00588. The highest BCUT2D eigenvalue weighted by molar-refractivity contribution is 7.10. The Labute approximate surface area is 173 Å². The third kappa shape index (κ3) is 4.19. The summed E-state index contributed by atoms with van der Waals surface area (Å²) in [6.07, 6.45) is 3.24. The molecular weight excluding hydrogens is 388 g/mol. The SMILES string of the molecule is CCC1c2ccsc2CCN1C(=O)COc1ccc(NC(=O)c2ccco2)cc1. The summed E-state index contributed by atoms with van der Waals surface area (Å²) in [5.74, 6) is 0.499. The molecular formula is C22H22N2O4S. The first-order valence-electron chi connectivity index (χ1n) is 9.59. The van der Waals surface area contributed by atoms with Gasteiger partial charge >= 0.3 is 0 Å². The summed E-state index contributed by atoms with van der Waals surface area (Å²) in [5, 5.41) is 4.85. The van der Waals surface area contributed by atoms with Gasteiger partial charge in [-0.1, -0.05) is 6.92 Å². The van der Waals surface area contributed by atoms with Crippen molar-refractivity contribution in [3.63, 3.8) is 0 Å². The van der Waals surface area contributed by atoms with E-state index in [4.69, 9.17) is 9.15 Å². The number of carbonyl (C=O) groups excluding carboxylic acids is 2. The molecule has 29 heavy (non-hydrogen) atoms. The number of thiophene rings is 1. The second-order valence-corrected chi connectivity index (χ2v) is 7.81. The van der Waals surface area contributed by atoms with E-state index in [1.54, 1.807) is 47.7 Å². The summed E-state index contributed by atoms with van der Waals surface area (Å²) in [6, 6.07) is 12.4. The fourth-order valence-electron chi connectivity index (χ4n) is 3.60. The number of benzene rings is 1. The van der Waals surface area contributed by atoms with Crippen molar-refractivity contribution in [1.29, 1.82) is 0 Å². The summed E-state index contributed by atoms with van der Waals surface area (Å²) in [5.41, 5.74) is 1.89. The van der Waals surface area contributed by atoms with Gasteiger partial charge in [-0.3, -0.25) is 9.59 Å². The Kier molecular flexibility index (Phi) is 5.67. The first-order valence-corrected chi connectivity index (χ1v) is 10.5. The molecule has 1 atom stereocenters. The van der Waals surface area contributed by atoms with Crippen molar-refractivity contribution >= 4 is 28.8 Å². The van der Waals surface area contributed by atoms with Crippen LogP contribution in [0.25, 0.3) is 0 Å². The molecule has 3 heterocycles. The van der Waals surface area contributed by atoms with Crippen LogP contribution in [0.3, 0.4) is 0 Å². The van der Waals surface area contributed by atoms with Gasteiger partial charge in [0.25, 0.3) is 11.8 Å². The number of carbonyl (C=O) groups is 2. The lowest BCUT2D eigenvalue weighted by Gasteiger charge is -2.35. The van der Waals surface area contributed by atoms with Gasteiger partial charge in [-0.05, 0) is 66.2 Å². The number of furan rings is 1. The monoisotopic (exact) mass is 410 g/mol. The standard InChI is InChI=1S/C22H22N2O4S/c1-2-18-17-10-13-29-20(17)9-11-24(18)21(25)14-28-16-7-5-15(6-8-16)23-22(26)19-4-3-12-27-19/h3-8,10,12-13,18H,2,9,11,14H2,1H3,(H,23,26). The quantitative estimate of drug-likeness (QED) is 0.649. The first kappa shape index (κ1) is 19.3. The maximum atomic E-state index is 12.8. The molecule has 1 N–H and O–H groups in total. The Morgan fingerprint density at radius 3 is 2.79 bits per heavy atom. The number of hydrogen-bond acceptors (Lipinski definition) is 5. The van der Waals surface area contributed by atoms with Gasteiger partial charge in [-0.15, -0.1) is 11.3 Å². The van der Waals surface area contributed by atoms with E-state index in [-0.39, 0.29) is 30.2 Å². The molecule has 0 saturated carbocycles. The molecule has 1 aliphatic heterocycles. The van der Waals surface area contributed by atoms with Gasteiger partial charge in [-0.2, -0.15) is 0 Å². The number of anilines is 1. The second-order valence-electron chi connectivity index (χ2n) is 6.80. The molecule has 0 spiro atoms. The summed E-state index contributed by atoms with van der Waals surface area (Å²) in [7, 11) is 0. The van der Waals surface area contributed by atoms with Crippen LogP contribution in [0.2, 0.25) is 0 Å². The van der Waals surface area contributed by atoms with Crippen LogP contribution in [0.15, 0.2) is 58.5 Å². The van der Waals surface area contributed by atoms with Gasteiger partial charge in [0.2, 0.25) is 0 Å². The van der Waals surface area contributed by atoms with Crippen LogP contribution in [-0.2, 0) is 11.2 Å². The third-order valence-corrected chi connectivity index (χ3v) is 6.02. The van der Waals surface area contributed by atoms with E-state index in [1.807, 2.05) is 4.90 Å². The van der Waals surface area contributed by atoms with Crippen LogP contribution in [0.5, 0.6) is 5.75 Å². The smallest absolute Gasteiger partial charge is 0.291 e. The number of hydrogen-bond donors (Lipinski definition) is 1. The van der Waals surface area contributed by atoms with E-state index in [9.17, 15) is 9.59 Å². The van der Waals surface area contributed by atoms with Gasteiger partial charge in [0.1, 0.15) is 5.75 Å². The van der Waals surface area contributed by atoms with Crippen LogP contribution in [0.1, 0.15) is 40.4 Å². The summed E-state index contributed by atoms with van der Waals surface area (Å²) in [6.45, 7) is 2.83. The fourth-order valence-corrected chi connectivity index (χ4v) is 4.53. The minimum Gasteiger partial charge on any atom is -0.484 e. The number of ether oxygens (including phenoxy) is 1. The van der Waals surface area contributed by atoms with Crippen molar-refractivity contribution in [2.45, 2.75) is 25.8 Å². The largest absolute Gasteiger partial charge is 0.484 e. The van der Waals surface area contributed by atoms with Crippen LogP contribution < -0.4 is 10.1 Å². The van der Waals surface area contributed by atoms with Crippen molar-refractivity contribution in [3.8, 4) is 5.75 Å². The maximum absolute atomic E-state index is 12.8. The Bertz CT molecular complexity index is 979. The number of nitrogens with one attached hydrogen (secondary N) is 1. The second kappa shape index (κ2) is 8.53. The molecule has 1 aliphatic rings. The van der Waals surface area contributed by atoms with Crippen LogP contribution >= 0.6 is 11.3 Å². The number of fused-ring (bicyclic) bond motifs is 1. The van der Waals surface area contributed by atoms with E-state index in [0.717, 1.165) is 19.4 Å². The van der Waals surface area contributed by atoms with Crippen LogP contribution in [0, 0.1) is 0 Å². The van der Waals surface area contributed by atoms with E-state index in [2.05, 4.69) is 23.7 Å². The van der Waals surface area contributed by atoms with E-state index < -0.39 is 0 Å². The Morgan fingerprint density at radius 1 is 1.24 bits per heavy atom.